The SMILES string of the molecule is CN/C(=C1/CN(c2nc(Cl)ncc2F)CC(C)(C)C1=N)C(C)C. The average Bonchev–Trinajstić information content (AvgIpc) is 2.46. The molecule has 0 aliphatic carbocycles. The van der Waals surface area contributed by atoms with Crippen molar-refractivity contribution in [1.29, 1.82) is 5.41 Å². The van der Waals surface area contributed by atoms with Gasteiger partial charge < -0.3 is 15.6 Å². The highest BCUT2D eigenvalue weighted by atomic mass is 35.5. The Morgan fingerprint density at radius 3 is 2.70 bits per heavy atom. The maximum absolute atomic E-state index is 14.2. The van der Waals surface area contributed by atoms with Crippen LogP contribution in [0.4, 0.5) is 10.2 Å². The summed E-state index contributed by atoms with van der Waals surface area (Å²) in [5, 5.41) is 11.8. The Morgan fingerprint density at radius 1 is 1.48 bits per heavy atom. The van der Waals surface area contributed by atoms with Crippen molar-refractivity contribution in [3.05, 3.63) is 28.6 Å². The highest BCUT2D eigenvalue weighted by Crippen LogP contribution is 2.34. The van der Waals surface area contributed by atoms with Gasteiger partial charge in [0, 0.05) is 42.5 Å². The molecule has 7 heteroatoms. The summed E-state index contributed by atoms with van der Waals surface area (Å²) in [5.74, 6) is -0.0826. The molecule has 0 atom stereocenters. The zero-order valence-corrected chi connectivity index (χ0v) is 14.9. The lowest BCUT2D eigenvalue weighted by atomic mass is 9.77. The Kier molecular flexibility index (Phi) is 4.94. The fourth-order valence-electron chi connectivity index (χ4n) is 3.01. The van der Waals surface area contributed by atoms with Crippen LogP contribution in [0.2, 0.25) is 5.28 Å². The lowest BCUT2D eigenvalue weighted by Gasteiger charge is -2.42. The number of aromatic nitrogens is 2. The highest BCUT2D eigenvalue weighted by Gasteiger charge is 2.37. The molecule has 1 saturated heterocycles. The molecule has 2 N–H and O–H groups in total. The van der Waals surface area contributed by atoms with E-state index in [4.69, 9.17) is 17.0 Å². The van der Waals surface area contributed by atoms with E-state index < -0.39 is 11.2 Å². The lowest BCUT2D eigenvalue weighted by Crippen LogP contribution is -2.49. The van der Waals surface area contributed by atoms with Crippen LogP contribution in [0.25, 0.3) is 0 Å². The molecule has 1 aliphatic heterocycles. The first-order valence-electron chi connectivity index (χ1n) is 7.60. The van der Waals surface area contributed by atoms with Crippen molar-refractivity contribution in [3.8, 4) is 0 Å². The van der Waals surface area contributed by atoms with Gasteiger partial charge in [-0.25, -0.2) is 9.37 Å². The fraction of sp³-hybridized carbons (Fsp3) is 0.562. The first kappa shape index (κ1) is 17.7. The number of piperidine rings is 1. The number of nitrogens with one attached hydrogen (secondary N) is 2. The first-order valence-corrected chi connectivity index (χ1v) is 7.98. The van der Waals surface area contributed by atoms with Gasteiger partial charge in [-0.2, -0.15) is 4.98 Å². The van der Waals surface area contributed by atoms with Gasteiger partial charge in [-0.1, -0.05) is 27.7 Å². The number of rotatable bonds is 3. The number of nitrogens with zero attached hydrogens (tertiary/aromatic N) is 3. The standard InChI is InChI=1S/C16H23ClFN5/c1-9(2)12(20-5)10-7-23(8-16(3,4)13(10)19)14-11(18)6-21-15(17)22-14/h6,9,19-20H,7-8H2,1-5H3/b12-10-,19-13?. The minimum absolute atomic E-state index is 0.0167. The van der Waals surface area contributed by atoms with E-state index in [1.54, 1.807) is 0 Å². The average molecular weight is 340 g/mol. The van der Waals surface area contributed by atoms with Crippen LogP contribution in [0.1, 0.15) is 27.7 Å². The van der Waals surface area contributed by atoms with Gasteiger partial charge in [-0.05, 0) is 17.5 Å². The molecule has 1 aromatic rings. The Balaban J connectivity index is 2.52. The number of halogens is 2. The number of hydrogen-bond donors (Lipinski definition) is 2. The Bertz CT molecular complexity index is 654. The van der Waals surface area contributed by atoms with E-state index in [1.165, 1.54) is 0 Å². The van der Waals surface area contributed by atoms with Crippen molar-refractivity contribution >= 4 is 23.1 Å². The van der Waals surface area contributed by atoms with Crippen LogP contribution in [-0.4, -0.2) is 35.8 Å². The summed E-state index contributed by atoms with van der Waals surface area (Å²) in [5.41, 5.74) is 2.03. The van der Waals surface area contributed by atoms with Gasteiger partial charge in [0.05, 0.1) is 6.20 Å². The van der Waals surface area contributed by atoms with Crippen molar-refractivity contribution < 1.29 is 4.39 Å². The molecular formula is C16H23ClFN5. The van der Waals surface area contributed by atoms with Gasteiger partial charge in [0.2, 0.25) is 5.28 Å². The summed E-state index contributed by atoms with van der Waals surface area (Å²) in [6.07, 6.45) is 1.09. The van der Waals surface area contributed by atoms with Gasteiger partial charge in [-0.3, -0.25) is 0 Å². The molecule has 126 valence electrons. The van der Waals surface area contributed by atoms with Crippen LogP contribution < -0.4 is 10.2 Å². The first-order chi connectivity index (χ1) is 10.7. The van der Waals surface area contributed by atoms with Crippen LogP contribution in [0, 0.1) is 22.6 Å². The summed E-state index contributed by atoms with van der Waals surface area (Å²) in [6.45, 7) is 9.02. The smallest absolute Gasteiger partial charge is 0.224 e. The van der Waals surface area contributed by atoms with Gasteiger partial charge in [0.15, 0.2) is 11.6 Å². The molecule has 1 aromatic heterocycles. The normalized spacial score (nSPS) is 20.0. The third-order valence-corrected chi connectivity index (χ3v) is 4.26. The molecule has 0 unspecified atom stereocenters. The molecule has 0 bridgehead atoms. The molecule has 5 nitrogen and oxygen atoms in total. The van der Waals surface area contributed by atoms with Gasteiger partial charge in [0.1, 0.15) is 0 Å². The van der Waals surface area contributed by atoms with Crippen molar-refractivity contribution in [2.45, 2.75) is 27.7 Å². The second-order valence-corrected chi connectivity index (χ2v) is 7.06. The van der Waals surface area contributed by atoms with Crippen molar-refractivity contribution in [1.82, 2.24) is 15.3 Å². The van der Waals surface area contributed by atoms with E-state index in [1.807, 2.05) is 25.8 Å². The zero-order valence-electron chi connectivity index (χ0n) is 14.2. The van der Waals surface area contributed by atoms with E-state index in [9.17, 15) is 4.39 Å². The van der Waals surface area contributed by atoms with Crippen LogP contribution in [-0.2, 0) is 0 Å². The molecule has 1 fully saturated rings. The van der Waals surface area contributed by atoms with Crippen LogP contribution in [0.15, 0.2) is 17.5 Å². The second-order valence-electron chi connectivity index (χ2n) is 6.72. The monoisotopic (exact) mass is 339 g/mol. The Hall–Kier alpha value is -1.69. The van der Waals surface area contributed by atoms with Crippen molar-refractivity contribution in [3.63, 3.8) is 0 Å². The third-order valence-electron chi connectivity index (χ3n) is 4.08. The molecule has 2 heterocycles. The van der Waals surface area contributed by atoms with E-state index in [-0.39, 0.29) is 17.0 Å². The molecular weight excluding hydrogens is 317 g/mol. The van der Waals surface area contributed by atoms with Crippen LogP contribution in [0.5, 0.6) is 0 Å². The molecule has 0 radical (unpaired) electrons. The second kappa shape index (κ2) is 6.43. The van der Waals surface area contributed by atoms with Crippen molar-refractivity contribution in [2.24, 2.45) is 11.3 Å². The molecule has 0 saturated carbocycles. The predicted octanol–water partition coefficient (Wildman–Crippen LogP) is 3.26. The summed E-state index contributed by atoms with van der Waals surface area (Å²) in [7, 11) is 1.85. The highest BCUT2D eigenvalue weighted by molar-refractivity contribution is 6.28. The van der Waals surface area contributed by atoms with Crippen LogP contribution >= 0.6 is 11.6 Å². The molecule has 1 aliphatic rings. The summed E-state index contributed by atoms with van der Waals surface area (Å²) >= 11 is 5.83. The van der Waals surface area contributed by atoms with E-state index in [2.05, 4.69) is 29.1 Å². The fourth-order valence-corrected chi connectivity index (χ4v) is 3.14. The third kappa shape index (κ3) is 3.47. The Labute approximate surface area is 141 Å². The largest absolute Gasteiger partial charge is 0.391 e. The molecule has 2 rings (SSSR count). The van der Waals surface area contributed by atoms with E-state index in [0.717, 1.165) is 17.5 Å². The van der Waals surface area contributed by atoms with Gasteiger partial charge >= 0.3 is 0 Å². The molecule has 0 spiro atoms. The number of anilines is 1. The summed E-state index contributed by atoms with van der Waals surface area (Å²) < 4.78 is 14.2. The summed E-state index contributed by atoms with van der Waals surface area (Å²) in [4.78, 5) is 9.54. The number of hydrogen-bond acceptors (Lipinski definition) is 5. The molecule has 0 amide bonds. The van der Waals surface area contributed by atoms with E-state index in [0.29, 0.717) is 18.8 Å². The minimum atomic E-state index is -0.506. The van der Waals surface area contributed by atoms with E-state index >= 15 is 0 Å². The predicted molar refractivity (Wildman–Crippen MR) is 91.6 cm³/mol. The zero-order chi connectivity index (χ0) is 17.4. The molecule has 0 aromatic carbocycles. The minimum Gasteiger partial charge on any atom is -0.391 e. The maximum atomic E-state index is 14.2. The van der Waals surface area contributed by atoms with Gasteiger partial charge in [-0.15, -0.1) is 0 Å². The molecule has 23 heavy (non-hydrogen) atoms. The van der Waals surface area contributed by atoms with Gasteiger partial charge in [0.25, 0.3) is 0 Å². The lowest BCUT2D eigenvalue weighted by molar-refractivity contribution is 0.478. The maximum Gasteiger partial charge on any atom is 0.224 e. The quantitative estimate of drug-likeness (QED) is 0.829. The van der Waals surface area contributed by atoms with Crippen molar-refractivity contribution in [2.75, 3.05) is 25.0 Å². The topological polar surface area (TPSA) is 64.9 Å². The number of allylic oxidation sites excluding steroid dienone is 1. The summed E-state index contributed by atoms with van der Waals surface area (Å²) in [6, 6.07) is 0. The van der Waals surface area contributed by atoms with Crippen LogP contribution in [0.3, 0.4) is 0 Å². The Morgan fingerprint density at radius 2 is 2.13 bits per heavy atom.